The zero-order valence-corrected chi connectivity index (χ0v) is 36.3. The molecule has 2 N–H and O–H groups in total. The number of piperidine rings is 1. The highest BCUT2D eigenvalue weighted by atomic mass is 16.6. The number of anilines is 1. The number of para-hydroxylation sites is 1. The molecular formula is C48H62N4O8. The maximum atomic E-state index is 14.2. The van der Waals surface area contributed by atoms with Gasteiger partial charge in [0.2, 0.25) is 0 Å². The van der Waals surface area contributed by atoms with Crippen LogP contribution in [-0.2, 0) is 45.8 Å². The van der Waals surface area contributed by atoms with Crippen molar-refractivity contribution >= 4 is 34.5 Å². The van der Waals surface area contributed by atoms with Crippen molar-refractivity contribution in [3.63, 3.8) is 0 Å². The normalized spacial score (nSPS) is 35.3. The maximum absolute atomic E-state index is 14.2. The Kier molecular flexibility index (Phi) is 10.2. The van der Waals surface area contributed by atoms with Crippen molar-refractivity contribution in [3.8, 4) is 5.75 Å². The molecule has 322 valence electrons. The Bertz CT molecular complexity index is 2240. The van der Waals surface area contributed by atoms with E-state index in [0.717, 1.165) is 78.9 Å². The summed E-state index contributed by atoms with van der Waals surface area (Å²) in [5.41, 5.74) is 1.85. The number of fused-ring (bicyclic) bond motifs is 6. The first kappa shape index (κ1) is 41.0. The van der Waals surface area contributed by atoms with Gasteiger partial charge < -0.3 is 38.8 Å². The summed E-state index contributed by atoms with van der Waals surface area (Å²) in [4.78, 5) is 52.0. The number of ether oxygens (including phenoxy) is 4. The lowest BCUT2D eigenvalue weighted by molar-refractivity contribution is -0.223. The van der Waals surface area contributed by atoms with Gasteiger partial charge in [0, 0.05) is 90.9 Å². The first-order valence-electron chi connectivity index (χ1n) is 22.1. The number of hydrogen-bond acceptors (Lipinski definition) is 11. The second-order valence-electron chi connectivity index (χ2n) is 18.8. The van der Waals surface area contributed by atoms with Crippen molar-refractivity contribution in [1.82, 2.24) is 14.8 Å². The smallest absolute Gasteiger partial charge is 0.308 e. The number of carbonyl (C=O) groups excluding carboxylic acids is 3. The average Bonchev–Trinajstić information content (AvgIpc) is 3.91. The lowest BCUT2D eigenvalue weighted by atomic mass is 9.47. The van der Waals surface area contributed by atoms with Crippen LogP contribution < -0.4 is 9.64 Å². The number of methoxy groups -OCH3 is 3. The number of carbonyl (C=O) groups is 3. The van der Waals surface area contributed by atoms with E-state index in [1.165, 1.54) is 26.7 Å². The number of aliphatic hydroxyl groups is 1. The lowest BCUT2D eigenvalue weighted by Gasteiger charge is -2.64. The molecule has 1 saturated carbocycles. The van der Waals surface area contributed by atoms with Crippen LogP contribution in [0.4, 0.5) is 5.69 Å². The fourth-order valence-corrected chi connectivity index (χ4v) is 14.0. The Morgan fingerprint density at radius 1 is 0.967 bits per heavy atom. The van der Waals surface area contributed by atoms with Gasteiger partial charge in [0.25, 0.3) is 0 Å². The predicted molar refractivity (Wildman–Crippen MR) is 228 cm³/mol. The van der Waals surface area contributed by atoms with Crippen molar-refractivity contribution in [1.29, 1.82) is 0 Å². The van der Waals surface area contributed by atoms with Gasteiger partial charge in [-0.1, -0.05) is 50.6 Å². The number of aromatic nitrogens is 1. The maximum Gasteiger partial charge on any atom is 0.308 e. The number of aromatic amines is 1. The molecule has 3 aromatic rings. The fourth-order valence-electron chi connectivity index (χ4n) is 14.0. The molecule has 1 aromatic heterocycles. The molecule has 0 radical (unpaired) electrons. The Labute approximate surface area is 353 Å². The van der Waals surface area contributed by atoms with Crippen LogP contribution in [0, 0.1) is 17.3 Å². The van der Waals surface area contributed by atoms with Gasteiger partial charge in [-0.15, -0.1) is 0 Å². The summed E-state index contributed by atoms with van der Waals surface area (Å²) in [6, 6.07) is 12.0. The monoisotopic (exact) mass is 822 g/mol. The van der Waals surface area contributed by atoms with Crippen LogP contribution in [0.5, 0.6) is 5.75 Å². The van der Waals surface area contributed by atoms with Crippen LogP contribution in [0.25, 0.3) is 10.9 Å². The molecule has 1 aliphatic carbocycles. The van der Waals surface area contributed by atoms with Crippen LogP contribution in [0.1, 0.15) is 88.1 Å². The molecule has 1 spiro atoms. The lowest BCUT2D eigenvalue weighted by Crippen LogP contribution is -2.79. The standard InChI is InChI=1S/C48H62N4O8/c1-8-30-21-31-24-46(25-39(54)58-6,41-33(15-19-51(27-30)28-31)32-13-10-11-14-36(32)49-41)35-22-34-37(23-38(35)57-5)50(4)43-47(34)17-20-52-18-12-16-45(9-2,42(47)52)44(60-29(3)53)48(43,56)26-40(55)59-7/h10-14,16,22-23,30-31,42-44,49,56H,8-9,15,17-21,24-28H2,1-7H3/t30?,31?,42-,43+,44+,45+,46-,47+,48?/m0/s1. The number of esters is 3. The number of H-pyrrole nitrogens is 1. The Morgan fingerprint density at radius 2 is 1.73 bits per heavy atom. The van der Waals surface area contributed by atoms with Crippen molar-refractivity contribution in [2.45, 2.75) is 107 Å². The molecule has 4 unspecified atom stereocenters. The van der Waals surface area contributed by atoms with E-state index < -0.39 is 45.9 Å². The summed E-state index contributed by atoms with van der Waals surface area (Å²) in [6.07, 6.45) is 7.93. The Balaban J connectivity index is 1.35. The number of hydrogen-bond donors (Lipinski definition) is 2. The molecule has 10 atom stereocenters. The van der Waals surface area contributed by atoms with Crippen LogP contribution in [-0.4, -0.2) is 123 Å². The number of benzene rings is 2. The SMILES string of the molecule is CCC1CC2CN(CCc3c([nH]c4ccccc34)[C@@](CC(=O)OC)(c3cc4c(cc3OC)N(C)[C@H]3C(O)(CC(=O)OC)[C@H](OC(C)=O)[C@]5(CC)C=CCN6CC[C@]43[C@@H]65)C2)C1. The largest absolute Gasteiger partial charge is 0.496 e. The van der Waals surface area contributed by atoms with E-state index in [-0.39, 0.29) is 24.9 Å². The van der Waals surface area contributed by atoms with Crippen molar-refractivity contribution in [2.75, 3.05) is 66.0 Å². The minimum Gasteiger partial charge on any atom is -0.496 e. The number of rotatable bonds is 9. The average molecular weight is 823 g/mol. The van der Waals surface area contributed by atoms with E-state index >= 15 is 0 Å². The molecule has 5 aliphatic heterocycles. The van der Waals surface area contributed by atoms with Crippen LogP contribution in [0.3, 0.4) is 0 Å². The highest BCUT2D eigenvalue weighted by Gasteiger charge is 2.78. The molecule has 0 amide bonds. The van der Waals surface area contributed by atoms with Gasteiger partial charge in [0.05, 0.1) is 45.6 Å². The minimum absolute atomic E-state index is 0.107. The molecule has 2 saturated heterocycles. The van der Waals surface area contributed by atoms with Gasteiger partial charge in [-0.3, -0.25) is 19.3 Å². The molecule has 12 nitrogen and oxygen atoms in total. The first-order chi connectivity index (χ1) is 28.8. The third-order valence-electron chi connectivity index (χ3n) is 16.1. The summed E-state index contributed by atoms with van der Waals surface area (Å²) >= 11 is 0. The molecule has 6 heterocycles. The van der Waals surface area contributed by atoms with Gasteiger partial charge in [0.1, 0.15) is 17.5 Å². The third kappa shape index (κ3) is 5.75. The number of nitrogens with zero attached hydrogens (tertiary/aromatic N) is 3. The van der Waals surface area contributed by atoms with E-state index in [1.54, 1.807) is 7.11 Å². The summed E-state index contributed by atoms with van der Waals surface area (Å²) < 4.78 is 23.7. The van der Waals surface area contributed by atoms with Gasteiger partial charge in [0.15, 0.2) is 0 Å². The molecule has 12 heteroatoms. The third-order valence-corrected chi connectivity index (χ3v) is 16.1. The van der Waals surface area contributed by atoms with E-state index in [0.29, 0.717) is 43.4 Å². The molecular weight excluding hydrogens is 761 g/mol. The highest BCUT2D eigenvalue weighted by Crippen LogP contribution is 2.68. The molecule has 60 heavy (non-hydrogen) atoms. The molecule has 6 aliphatic rings. The van der Waals surface area contributed by atoms with Crippen molar-refractivity contribution in [2.24, 2.45) is 17.3 Å². The second kappa shape index (κ2) is 14.9. The van der Waals surface area contributed by atoms with Gasteiger partial charge in [-0.05, 0) is 73.7 Å². The summed E-state index contributed by atoms with van der Waals surface area (Å²) in [7, 11) is 6.48. The van der Waals surface area contributed by atoms with Crippen LogP contribution in [0.15, 0.2) is 48.6 Å². The summed E-state index contributed by atoms with van der Waals surface area (Å²) in [6.45, 7) is 10.2. The molecule has 3 fully saturated rings. The first-order valence-corrected chi connectivity index (χ1v) is 22.1. The van der Waals surface area contributed by atoms with Crippen LogP contribution in [0.2, 0.25) is 0 Å². The Hall–Kier alpha value is -4.39. The van der Waals surface area contributed by atoms with E-state index in [2.05, 4.69) is 82.1 Å². The molecule has 2 aromatic carbocycles. The van der Waals surface area contributed by atoms with Crippen molar-refractivity contribution in [3.05, 3.63) is 70.9 Å². The fraction of sp³-hybridized carbons (Fsp3) is 0.604. The predicted octanol–water partition coefficient (Wildman–Crippen LogP) is 5.66. The topological polar surface area (TPSA) is 134 Å². The number of nitrogens with one attached hydrogen (secondary N) is 1. The van der Waals surface area contributed by atoms with Crippen molar-refractivity contribution < 1.29 is 38.4 Å². The zero-order chi connectivity index (χ0) is 42.4. The Morgan fingerprint density at radius 3 is 2.45 bits per heavy atom. The van der Waals surface area contributed by atoms with Crippen LogP contribution >= 0.6 is 0 Å². The summed E-state index contributed by atoms with van der Waals surface area (Å²) in [5.74, 6) is 0.107. The highest BCUT2D eigenvalue weighted by molar-refractivity contribution is 5.87. The van der Waals surface area contributed by atoms with E-state index in [1.807, 2.05) is 7.05 Å². The van der Waals surface area contributed by atoms with E-state index in [4.69, 9.17) is 18.9 Å². The number of likely N-dealkylation sites (N-methyl/N-ethyl adjacent to an activating group) is 1. The minimum atomic E-state index is -1.85. The summed E-state index contributed by atoms with van der Waals surface area (Å²) in [5, 5.41) is 14.7. The zero-order valence-electron chi connectivity index (χ0n) is 36.3. The van der Waals surface area contributed by atoms with Gasteiger partial charge in [-0.25, -0.2) is 0 Å². The van der Waals surface area contributed by atoms with Gasteiger partial charge >= 0.3 is 17.9 Å². The molecule has 2 bridgehead atoms. The second-order valence-corrected chi connectivity index (χ2v) is 18.8. The quantitative estimate of drug-likeness (QED) is 0.158. The molecule has 9 rings (SSSR count). The van der Waals surface area contributed by atoms with E-state index in [9.17, 15) is 19.5 Å². The van der Waals surface area contributed by atoms with Gasteiger partial charge in [-0.2, -0.15) is 0 Å².